The number of carboxylic acids is 2. The highest BCUT2D eigenvalue weighted by Crippen LogP contribution is 2.31. The molecule has 0 fully saturated rings. The van der Waals surface area contributed by atoms with Crippen LogP contribution in [0.2, 0.25) is 0 Å². The Kier molecular flexibility index (Phi) is 5.95. The van der Waals surface area contributed by atoms with E-state index in [4.69, 9.17) is 25.2 Å². The molecule has 8 heteroatoms. The molecule has 0 aliphatic heterocycles. The third kappa shape index (κ3) is 5.34. The molecule has 0 heterocycles. The molecule has 0 atom stereocenters. The number of hydrogen-bond acceptors (Lipinski definition) is 5. The summed E-state index contributed by atoms with van der Waals surface area (Å²) >= 11 is 0. The smallest absolute Gasteiger partial charge is 0.306 e. The van der Waals surface area contributed by atoms with Crippen molar-refractivity contribution >= 4 is 17.6 Å². The molecule has 0 unspecified atom stereocenters. The molecule has 0 bridgehead atoms. The van der Waals surface area contributed by atoms with Crippen molar-refractivity contribution in [3.05, 3.63) is 18.2 Å². The average Bonchev–Trinajstić information content (AvgIpc) is 2.38. The number of rotatable bonds is 9. The van der Waals surface area contributed by atoms with Crippen molar-refractivity contribution in [2.75, 3.05) is 13.2 Å². The van der Waals surface area contributed by atoms with Gasteiger partial charge >= 0.3 is 11.9 Å². The highest BCUT2D eigenvalue weighted by molar-refractivity contribution is 5.67. The summed E-state index contributed by atoms with van der Waals surface area (Å²) in [5.74, 6) is -1.27. The third-order valence-electron chi connectivity index (χ3n) is 2.23. The molecule has 108 valence electrons. The Morgan fingerprint density at radius 3 is 2.25 bits per heavy atom. The number of carbonyl (C=O) groups is 2. The maximum Gasteiger partial charge on any atom is 0.306 e. The number of ether oxygens (including phenoxy) is 2. The van der Waals surface area contributed by atoms with E-state index >= 15 is 0 Å². The summed E-state index contributed by atoms with van der Waals surface area (Å²) in [6.07, 6.45) is -0.285. The van der Waals surface area contributed by atoms with Crippen LogP contribution in [0.4, 0.5) is 5.69 Å². The number of carboxylic acid groups (broad SMARTS) is 2. The van der Waals surface area contributed by atoms with Gasteiger partial charge in [0.25, 0.3) is 0 Å². The second-order valence-electron chi connectivity index (χ2n) is 3.74. The van der Waals surface area contributed by atoms with Crippen LogP contribution in [-0.4, -0.2) is 35.4 Å². The minimum Gasteiger partial charge on any atom is -0.493 e. The summed E-state index contributed by atoms with van der Waals surface area (Å²) in [7, 11) is 0. The highest BCUT2D eigenvalue weighted by Gasteiger charge is 2.09. The van der Waals surface area contributed by atoms with Crippen LogP contribution < -0.4 is 15.0 Å². The molecule has 0 aliphatic rings. The highest BCUT2D eigenvalue weighted by atomic mass is 16.5. The van der Waals surface area contributed by atoms with E-state index in [1.165, 1.54) is 12.1 Å². The van der Waals surface area contributed by atoms with E-state index in [0.717, 1.165) is 0 Å². The van der Waals surface area contributed by atoms with Crippen LogP contribution in [0.5, 0.6) is 11.5 Å². The number of nitrogens with two attached hydrogens (primary N) is 1. The molecule has 1 aromatic rings. The van der Waals surface area contributed by atoms with Crippen LogP contribution in [0.3, 0.4) is 0 Å². The molecule has 4 N–H and O–H groups in total. The van der Waals surface area contributed by atoms with Crippen LogP contribution in [0, 0.1) is 0 Å². The minimum atomic E-state index is -0.981. The fourth-order valence-electron chi connectivity index (χ4n) is 1.31. The normalized spacial score (nSPS) is 9.80. The van der Waals surface area contributed by atoms with Crippen molar-refractivity contribution in [1.29, 1.82) is 0 Å². The molecule has 0 spiro atoms. The Hall–Kier alpha value is -2.64. The Bertz CT molecular complexity index is 503. The Morgan fingerprint density at radius 2 is 1.70 bits per heavy atom. The summed E-state index contributed by atoms with van der Waals surface area (Å²) in [6.45, 7) is -0.0144. The molecule has 0 aromatic heterocycles. The van der Waals surface area contributed by atoms with Crippen molar-refractivity contribution in [1.82, 2.24) is 0 Å². The van der Waals surface area contributed by atoms with Gasteiger partial charge in [-0.2, -0.15) is 5.53 Å². The van der Waals surface area contributed by atoms with Gasteiger partial charge in [-0.05, 0) is 17.2 Å². The number of nitrogens with zero attached hydrogens (tertiary/aromatic N) is 1. The SMILES string of the molecule is [NH2+]=Nc1ccc(OCCC(=O)O)cc1OCCC(=O)O. The quantitative estimate of drug-likeness (QED) is 0.556. The molecule has 0 amide bonds. The van der Waals surface area contributed by atoms with Crippen LogP contribution in [-0.2, 0) is 9.59 Å². The zero-order valence-electron chi connectivity index (χ0n) is 10.6. The lowest BCUT2D eigenvalue weighted by Gasteiger charge is -2.09. The lowest BCUT2D eigenvalue weighted by Crippen LogP contribution is -2.22. The summed E-state index contributed by atoms with van der Waals surface area (Å²) < 4.78 is 10.5. The van der Waals surface area contributed by atoms with Gasteiger partial charge in [-0.15, -0.1) is 0 Å². The van der Waals surface area contributed by atoms with Gasteiger partial charge < -0.3 is 19.7 Å². The van der Waals surface area contributed by atoms with Gasteiger partial charge in [-0.1, -0.05) is 0 Å². The molecule has 8 nitrogen and oxygen atoms in total. The maximum atomic E-state index is 10.4. The first-order valence-electron chi connectivity index (χ1n) is 5.77. The molecule has 1 rings (SSSR count). The zero-order chi connectivity index (χ0) is 15.0. The summed E-state index contributed by atoms with van der Waals surface area (Å²) in [5.41, 5.74) is 5.53. The monoisotopic (exact) mass is 283 g/mol. The van der Waals surface area contributed by atoms with Crippen molar-refractivity contribution < 1.29 is 34.8 Å². The minimum absolute atomic E-state index is 0.0169. The van der Waals surface area contributed by atoms with Crippen LogP contribution in [0.1, 0.15) is 12.8 Å². The lowest BCUT2D eigenvalue weighted by atomic mass is 10.3. The molecular weight excluding hydrogens is 268 g/mol. The van der Waals surface area contributed by atoms with E-state index in [9.17, 15) is 9.59 Å². The van der Waals surface area contributed by atoms with Gasteiger partial charge in [0, 0.05) is 6.07 Å². The fraction of sp³-hybridized carbons (Fsp3) is 0.333. The first-order valence-corrected chi connectivity index (χ1v) is 5.77. The molecular formula is C12H15N2O6+. The molecule has 1 aromatic carbocycles. The standard InChI is InChI=1S/C12H14N2O6/c13-14-9-2-1-8(19-5-3-11(15)16)7-10(9)20-6-4-12(17)18/h1-2,7,13H,3-6H2,(H,15,16)(H,17,18)/p+1. The molecule has 0 aliphatic carbocycles. The van der Waals surface area contributed by atoms with Crippen molar-refractivity contribution in [3.63, 3.8) is 0 Å². The van der Waals surface area contributed by atoms with E-state index < -0.39 is 11.9 Å². The van der Waals surface area contributed by atoms with Crippen LogP contribution in [0.25, 0.3) is 0 Å². The average molecular weight is 283 g/mol. The topological polar surface area (TPSA) is 131 Å². The number of aliphatic carboxylic acids is 2. The van der Waals surface area contributed by atoms with E-state index in [1.54, 1.807) is 6.07 Å². The van der Waals surface area contributed by atoms with Crippen LogP contribution >= 0.6 is 0 Å². The van der Waals surface area contributed by atoms with Crippen molar-refractivity contribution in [2.24, 2.45) is 5.11 Å². The first-order chi connectivity index (χ1) is 9.52. The first kappa shape index (κ1) is 15.4. The third-order valence-corrected chi connectivity index (χ3v) is 2.23. The molecule has 20 heavy (non-hydrogen) atoms. The van der Waals surface area contributed by atoms with Crippen molar-refractivity contribution in [3.8, 4) is 11.5 Å². The number of benzene rings is 1. The second-order valence-corrected chi connectivity index (χ2v) is 3.74. The van der Waals surface area contributed by atoms with Gasteiger partial charge in [-0.25, -0.2) is 0 Å². The largest absolute Gasteiger partial charge is 0.493 e. The summed E-state index contributed by atoms with van der Waals surface area (Å²) in [5, 5.41) is 20.5. The molecule has 0 radical (unpaired) electrons. The van der Waals surface area contributed by atoms with Crippen LogP contribution in [0.15, 0.2) is 23.3 Å². The van der Waals surface area contributed by atoms with Gasteiger partial charge in [0.2, 0.25) is 0 Å². The van der Waals surface area contributed by atoms with Gasteiger partial charge in [0.15, 0.2) is 11.4 Å². The Labute approximate surface area is 114 Å². The molecule has 0 saturated heterocycles. The van der Waals surface area contributed by atoms with Gasteiger partial charge in [0.05, 0.1) is 26.1 Å². The predicted molar refractivity (Wildman–Crippen MR) is 66.0 cm³/mol. The Morgan fingerprint density at radius 1 is 1.10 bits per heavy atom. The van der Waals surface area contributed by atoms with Crippen molar-refractivity contribution in [2.45, 2.75) is 12.8 Å². The van der Waals surface area contributed by atoms with E-state index in [0.29, 0.717) is 11.4 Å². The zero-order valence-corrected chi connectivity index (χ0v) is 10.6. The summed E-state index contributed by atoms with van der Waals surface area (Å²) in [6, 6.07) is 4.58. The predicted octanol–water partition coefficient (Wildman–Crippen LogP) is 0.236. The van der Waals surface area contributed by atoms with Gasteiger partial charge in [0.1, 0.15) is 5.75 Å². The maximum absolute atomic E-state index is 10.4. The fourth-order valence-corrected chi connectivity index (χ4v) is 1.31. The summed E-state index contributed by atoms with van der Waals surface area (Å²) in [4.78, 5) is 20.8. The lowest BCUT2D eigenvalue weighted by molar-refractivity contribution is -0.210. The second kappa shape index (κ2) is 7.72. The molecule has 0 saturated carbocycles. The van der Waals surface area contributed by atoms with E-state index in [2.05, 4.69) is 5.11 Å². The number of hydrogen-bond donors (Lipinski definition) is 3. The Balaban J connectivity index is 2.67. The van der Waals surface area contributed by atoms with Gasteiger partial charge in [-0.3, -0.25) is 9.59 Å². The van der Waals surface area contributed by atoms with E-state index in [1.807, 2.05) is 0 Å². The van der Waals surface area contributed by atoms with E-state index in [-0.39, 0.29) is 31.8 Å².